The van der Waals surface area contributed by atoms with E-state index in [1.54, 1.807) is 4.90 Å². The first-order valence-corrected chi connectivity index (χ1v) is 8.15. The monoisotopic (exact) mass is 312 g/mol. The highest BCUT2D eigenvalue weighted by atomic mass is 16.5. The lowest BCUT2D eigenvalue weighted by Gasteiger charge is -2.24. The number of para-hydroxylation sites is 2. The lowest BCUT2D eigenvalue weighted by Crippen LogP contribution is -2.40. The number of hydrogen-bond acceptors (Lipinski definition) is 5. The molecule has 2 aromatic rings. The van der Waals surface area contributed by atoms with Crippen molar-refractivity contribution in [1.29, 1.82) is 0 Å². The zero-order valence-corrected chi connectivity index (χ0v) is 13.2. The van der Waals surface area contributed by atoms with E-state index in [2.05, 4.69) is 4.90 Å². The first kappa shape index (κ1) is 14.4. The van der Waals surface area contributed by atoms with E-state index in [1.165, 1.54) is 0 Å². The van der Waals surface area contributed by atoms with E-state index in [-0.39, 0.29) is 12.0 Å². The summed E-state index contributed by atoms with van der Waals surface area (Å²) in [6.07, 6.45) is 2.30. The molecular weight excluding hydrogens is 292 g/mol. The maximum absolute atomic E-state index is 12.9. The highest BCUT2D eigenvalue weighted by molar-refractivity contribution is 5.99. The molecule has 2 aliphatic heterocycles. The van der Waals surface area contributed by atoms with Gasteiger partial charge >= 0.3 is 0 Å². The fraction of sp³-hybridized carbons (Fsp3) is 0.471. The standard InChI is InChI=1S/C17H20N4O2/c1-20-9-5-10-21(17(22)14-8-4-11-23-14)16-15(20)18-12-6-2-3-7-13(12)19-16/h2-3,6-7,14H,4-5,8-11H2,1H3/t14-/m1/s1. The molecule has 23 heavy (non-hydrogen) atoms. The molecule has 0 spiro atoms. The number of rotatable bonds is 1. The van der Waals surface area contributed by atoms with Gasteiger partial charge in [-0.1, -0.05) is 12.1 Å². The molecule has 1 aromatic carbocycles. The van der Waals surface area contributed by atoms with Crippen LogP contribution in [-0.2, 0) is 9.53 Å². The van der Waals surface area contributed by atoms with Crippen LogP contribution in [0.2, 0.25) is 0 Å². The van der Waals surface area contributed by atoms with Crippen molar-refractivity contribution in [2.75, 3.05) is 36.5 Å². The molecule has 2 aliphatic rings. The zero-order valence-electron chi connectivity index (χ0n) is 13.2. The predicted molar refractivity (Wildman–Crippen MR) is 88.8 cm³/mol. The van der Waals surface area contributed by atoms with Gasteiger partial charge in [-0.25, -0.2) is 9.97 Å². The van der Waals surface area contributed by atoms with Crippen LogP contribution in [0.4, 0.5) is 11.6 Å². The Hall–Kier alpha value is -2.21. The van der Waals surface area contributed by atoms with E-state index in [4.69, 9.17) is 14.7 Å². The molecule has 1 atom stereocenters. The average molecular weight is 312 g/mol. The molecule has 6 nitrogen and oxygen atoms in total. The molecule has 1 amide bonds. The lowest BCUT2D eigenvalue weighted by atomic mass is 10.2. The lowest BCUT2D eigenvalue weighted by molar-refractivity contribution is -0.127. The number of nitrogens with zero attached hydrogens (tertiary/aromatic N) is 4. The second kappa shape index (κ2) is 5.77. The number of carbonyl (C=O) groups excluding carboxylic acids is 1. The summed E-state index contributed by atoms with van der Waals surface area (Å²) < 4.78 is 5.59. The molecule has 120 valence electrons. The summed E-state index contributed by atoms with van der Waals surface area (Å²) in [5, 5.41) is 0. The molecule has 0 bridgehead atoms. The van der Waals surface area contributed by atoms with Gasteiger partial charge in [0.15, 0.2) is 11.6 Å². The largest absolute Gasteiger partial charge is 0.368 e. The fourth-order valence-electron chi connectivity index (χ4n) is 3.26. The maximum atomic E-state index is 12.9. The summed E-state index contributed by atoms with van der Waals surface area (Å²) in [4.78, 5) is 26.2. The van der Waals surface area contributed by atoms with Crippen LogP contribution in [0.5, 0.6) is 0 Å². The van der Waals surface area contributed by atoms with E-state index < -0.39 is 0 Å². The van der Waals surface area contributed by atoms with Crippen molar-refractivity contribution in [3.8, 4) is 0 Å². The van der Waals surface area contributed by atoms with Gasteiger partial charge in [-0.3, -0.25) is 9.69 Å². The van der Waals surface area contributed by atoms with E-state index in [1.807, 2.05) is 31.3 Å². The van der Waals surface area contributed by atoms with E-state index >= 15 is 0 Å². The Labute approximate surface area is 135 Å². The molecule has 1 fully saturated rings. The van der Waals surface area contributed by atoms with Gasteiger partial charge in [0.05, 0.1) is 11.0 Å². The molecule has 4 rings (SSSR count). The van der Waals surface area contributed by atoms with Crippen LogP contribution in [0, 0.1) is 0 Å². The van der Waals surface area contributed by atoms with Crippen LogP contribution in [0.25, 0.3) is 11.0 Å². The number of ether oxygens (including phenoxy) is 1. The van der Waals surface area contributed by atoms with Crippen molar-refractivity contribution in [2.24, 2.45) is 0 Å². The number of hydrogen-bond donors (Lipinski definition) is 0. The summed E-state index contributed by atoms with van der Waals surface area (Å²) in [6, 6.07) is 7.78. The van der Waals surface area contributed by atoms with Crippen LogP contribution >= 0.6 is 0 Å². The van der Waals surface area contributed by atoms with Gasteiger partial charge in [0.25, 0.3) is 5.91 Å². The zero-order chi connectivity index (χ0) is 15.8. The van der Waals surface area contributed by atoms with Crippen molar-refractivity contribution in [2.45, 2.75) is 25.4 Å². The molecule has 0 N–H and O–H groups in total. The van der Waals surface area contributed by atoms with Crippen molar-refractivity contribution in [3.63, 3.8) is 0 Å². The van der Waals surface area contributed by atoms with Crippen molar-refractivity contribution in [1.82, 2.24) is 9.97 Å². The molecule has 1 saturated heterocycles. The molecule has 0 saturated carbocycles. The Morgan fingerprint density at radius 3 is 2.57 bits per heavy atom. The SMILES string of the molecule is CN1CCCN(C(=O)[C@H]2CCCO2)c2nc3ccccc3nc21. The van der Waals surface area contributed by atoms with Crippen LogP contribution in [0.15, 0.2) is 24.3 Å². The Morgan fingerprint density at radius 2 is 1.87 bits per heavy atom. The number of amides is 1. The smallest absolute Gasteiger partial charge is 0.257 e. The van der Waals surface area contributed by atoms with Crippen LogP contribution in [0.1, 0.15) is 19.3 Å². The average Bonchev–Trinajstić information content (AvgIpc) is 3.06. The van der Waals surface area contributed by atoms with Crippen molar-refractivity contribution < 1.29 is 9.53 Å². The Balaban J connectivity index is 1.81. The third-order valence-electron chi connectivity index (χ3n) is 4.50. The van der Waals surface area contributed by atoms with Gasteiger partial charge in [-0.05, 0) is 31.4 Å². The number of carbonyl (C=O) groups is 1. The van der Waals surface area contributed by atoms with Gasteiger partial charge in [0, 0.05) is 26.7 Å². The maximum Gasteiger partial charge on any atom is 0.257 e. The molecule has 3 heterocycles. The molecule has 6 heteroatoms. The summed E-state index contributed by atoms with van der Waals surface area (Å²) >= 11 is 0. The second-order valence-corrected chi connectivity index (χ2v) is 6.13. The number of fused-ring (bicyclic) bond motifs is 2. The van der Waals surface area contributed by atoms with Gasteiger partial charge in [-0.2, -0.15) is 0 Å². The van der Waals surface area contributed by atoms with E-state index in [0.717, 1.165) is 42.7 Å². The Bertz CT molecular complexity index is 742. The molecule has 0 radical (unpaired) electrons. The number of anilines is 2. The number of aromatic nitrogens is 2. The molecule has 0 unspecified atom stereocenters. The molecule has 1 aromatic heterocycles. The molecular formula is C17H20N4O2. The summed E-state index contributed by atoms with van der Waals surface area (Å²) in [5.74, 6) is 1.44. The molecule has 0 aliphatic carbocycles. The van der Waals surface area contributed by atoms with Crippen LogP contribution < -0.4 is 9.80 Å². The van der Waals surface area contributed by atoms with Crippen LogP contribution in [-0.4, -0.2) is 48.7 Å². The highest BCUT2D eigenvalue weighted by Gasteiger charge is 2.33. The predicted octanol–water partition coefficient (Wildman–Crippen LogP) is 1.98. The minimum atomic E-state index is -0.334. The number of benzene rings is 1. The quantitative estimate of drug-likeness (QED) is 0.806. The first-order chi connectivity index (χ1) is 11.2. The fourth-order valence-corrected chi connectivity index (χ4v) is 3.26. The minimum Gasteiger partial charge on any atom is -0.368 e. The third-order valence-corrected chi connectivity index (χ3v) is 4.50. The van der Waals surface area contributed by atoms with Gasteiger partial charge in [0.2, 0.25) is 0 Å². The summed E-state index contributed by atoms with van der Waals surface area (Å²) in [7, 11) is 2.00. The van der Waals surface area contributed by atoms with Gasteiger partial charge in [0.1, 0.15) is 6.10 Å². The van der Waals surface area contributed by atoms with Gasteiger partial charge < -0.3 is 9.64 Å². The normalized spacial score (nSPS) is 21.3. The van der Waals surface area contributed by atoms with Crippen LogP contribution in [0.3, 0.4) is 0 Å². The summed E-state index contributed by atoms with van der Waals surface area (Å²) in [6.45, 7) is 2.18. The topological polar surface area (TPSA) is 58.6 Å². The third kappa shape index (κ3) is 2.53. The Morgan fingerprint density at radius 1 is 1.13 bits per heavy atom. The first-order valence-electron chi connectivity index (χ1n) is 8.15. The van der Waals surface area contributed by atoms with E-state index in [0.29, 0.717) is 19.0 Å². The van der Waals surface area contributed by atoms with Crippen molar-refractivity contribution in [3.05, 3.63) is 24.3 Å². The van der Waals surface area contributed by atoms with Gasteiger partial charge in [-0.15, -0.1) is 0 Å². The minimum absolute atomic E-state index is 0.0173. The van der Waals surface area contributed by atoms with Crippen molar-refractivity contribution >= 4 is 28.6 Å². The Kier molecular flexibility index (Phi) is 3.61. The highest BCUT2D eigenvalue weighted by Crippen LogP contribution is 2.31. The second-order valence-electron chi connectivity index (χ2n) is 6.13. The summed E-state index contributed by atoms with van der Waals surface area (Å²) in [5.41, 5.74) is 1.66. The van der Waals surface area contributed by atoms with E-state index in [9.17, 15) is 4.79 Å².